The smallest absolute Gasteiger partial charge is 0.0645 e. The van der Waals surface area contributed by atoms with Crippen LogP contribution in [0.5, 0.6) is 0 Å². The lowest BCUT2D eigenvalue weighted by Gasteiger charge is -2.07. The van der Waals surface area contributed by atoms with Gasteiger partial charge in [0.2, 0.25) is 0 Å². The molecule has 0 amide bonds. The molecular weight excluding hydrogens is 236 g/mol. The molecule has 1 heterocycles. The van der Waals surface area contributed by atoms with E-state index in [9.17, 15) is 0 Å². The molecule has 1 rings (SSSR count). The van der Waals surface area contributed by atoms with E-state index in [-0.39, 0.29) is 0 Å². The Bertz CT molecular complexity index is 331. The van der Waals surface area contributed by atoms with Crippen LogP contribution in [0.25, 0.3) is 0 Å². The minimum atomic E-state index is 0.705. The molecule has 0 aliphatic heterocycles. The van der Waals surface area contributed by atoms with Crippen LogP contribution in [-0.2, 0) is 17.8 Å². The van der Waals surface area contributed by atoms with Crippen molar-refractivity contribution in [2.24, 2.45) is 11.8 Å². The molecule has 0 fully saturated rings. The van der Waals surface area contributed by atoms with Crippen molar-refractivity contribution in [2.45, 2.75) is 47.2 Å². The van der Waals surface area contributed by atoms with E-state index in [4.69, 9.17) is 4.74 Å². The molecule has 0 spiro atoms. The Morgan fingerprint density at radius 1 is 1.16 bits per heavy atom. The van der Waals surface area contributed by atoms with Gasteiger partial charge in [-0.3, -0.25) is 0 Å². The maximum atomic E-state index is 5.63. The Balaban J connectivity index is 2.12. The van der Waals surface area contributed by atoms with E-state index in [0.29, 0.717) is 5.92 Å². The van der Waals surface area contributed by atoms with Crippen LogP contribution in [0.3, 0.4) is 0 Å². The van der Waals surface area contributed by atoms with E-state index in [1.165, 1.54) is 5.56 Å². The summed E-state index contributed by atoms with van der Waals surface area (Å²) in [5, 5.41) is 3.46. The molecule has 0 saturated carbocycles. The van der Waals surface area contributed by atoms with Crippen molar-refractivity contribution < 1.29 is 4.74 Å². The number of nitrogens with one attached hydrogen (secondary N) is 1. The van der Waals surface area contributed by atoms with E-state index in [1.807, 2.05) is 0 Å². The topological polar surface area (TPSA) is 26.2 Å². The van der Waals surface area contributed by atoms with Crippen molar-refractivity contribution >= 4 is 0 Å². The van der Waals surface area contributed by atoms with Crippen LogP contribution >= 0.6 is 0 Å². The summed E-state index contributed by atoms with van der Waals surface area (Å²) >= 11 is 0. The molecule has 0 saturated heterocycles. The van der Waals surface area contributed by atoms with Crippen molar-refractivity contribution in [3.63, 3.8) is 0 Å². The predicted molar refractivity (Wildman–Crippen MR) is 81.3 cm³/mol. The van der Waals surface area contributed by atoms with Gasteiger partial charge in [-0.25, -0.2) is 0 Å². The summed E-state index contributed by atoms with van der Waals surface area (Å²) in [4.78, 5) is 0. The second-order valence-electron chi connectivity index (χ2n) is 6.08. The van der Waals surface area contributed by atoms with Crippen LogP contribution in [0.15, 0.2) is 18.5 Å². The SMILES string of the molecule is CC(C)CCOCCn1ccc(CNCC(C)C)c1. The fraction of sp³-hybridized carbons (Fsp3) is 0.750. The van der Waals surface area contributed by atoms with Crippen molar-refractivity contribution in [3.05, 3.63) is 24.0 Å². The number of hydrogen-bond acceptors (Lipinski definition) is 2. The van der Waals surface area contributed by atoms with Gasteiger partial charge in [0, 0.05) is 32.1 Å². The summed E-state index contributed by atoms with van der Waals surface area (Å²) in [5.41, 5.74) is 1.35. The quantitative estimate of drug-likeness (QED) is 0.658. The third-order valence-electron chi connectivity index (χ3n) is 3.03. The van der Waals surface area contributed by atoms with Crippen LogP contribution in [0.2, 0.25) is 0 Å². The fourth-order valence-electron chi connectivity index (χ4n) is 1.83. The number of ether oxygens (including phenoxy) is 1. The normalized spacial score (nSPS) is 11.7. The molecule has 0 atom stereocenters. The molecule has 3 heteroatoms. The Kier molecular flexibility index (Phi) is 7.84. The molecule has 0 aliphatic carbocycles. The molecule has 0 aliphatic rings. The first kappa shape index (κ1) is 16.3. The van der Waals surface area contributed by atoms with Gasteiger partial charge < -0.3 is 14.6 Å². The monoisotopic (exact) mass is 266 g/mol. The molecule has 1 aromatic rings. The first-order chi connectivity index (χ1) is 9.08. The van der Waals surface area contributed by atoms with Gasteiger partial charge in [-0.2, -0.15) is 0 Å². The summed E-state index contributed by atoms with van der Waals surface area (Å²) in [6, 6.07) is 2.18. The number of nitrogens with zero attached hydrogens (tertiary/aromatic N) is 1. The second kappa shape index (κ2) is 9.16. The number of aromatic nitrogens is 1. The Hall–Kier alpha value is -0.800. The minimum Gasteiger partial charge on any atom is -0.380 e. The fourth-order valence-corrected chi connectivity index (χ4v) is 1.83. The van der Waals surface area contributed by atoms with Gasteiger partial charge in [0.15, 0.2) is 0 Å². The summed E-state index contributed by atoms with van der Waals surface area (Å²) in [6.45, 7) is 13.6. The zero-order valence-electron chi connectivity index (χ0n) is 13.0. The molecule has 0 aromatic carbocycles. The molecule has 0 unspecified atom stereocenters. The first-order valence-corrected chi connectivity index (χ1v) is 7.51. The highest BCUT2D eigenvalue weighted by Gasteiger charge is 1.99. The van der Waals surface area contributed by atoms with Gasteiger partial charge in [-0.1, -0.05) is 27.7 Å². The third-order valence-corrected chi connectivity index (χ3v) is 3.03. The molecule has 19 heavy (non-hydrogen) atoms. The van der Waals surface area contributed by atoms with Gasteiger partial charge in [-0.15, -0.1) is 0 Å². The highest BCUT2D eigenvalue weighted by molar-refractivity contribution is 5.09. The lowest BCUT2D eigenvalue weighted by molar-refractivity contribution is 0.116. The third kappa shape index (κ3) is 8.06. The van der Waals surface area contributed by atoms with Crippen LogP contribution in [0.1, 0.15) is 39.7 Å². The van der Waals surface area contributed by atoms with Crippen LogP contribution in [0, 0.1) is 11.8 Å². The van der Waals surface area contributed by atoms with Crippen molar-refractivity contribution in [2.75, 3.05) is 19.8 Å². The van der Waals surface area contributed by atoms with Crippen LogP contribution in [-0.4, -0.2) is 24.3 Å². The van der Waals surface area contributed by atoms with Crippen molar-refractivity contribution in [1.82, 2.24) is 9.88 Å². The van der Waals surface area contributed by atoms with Gasteiger partial charge >= 0.3 is 0 Å². The van der Waals surface area contributed by atoms with Gasteiger partial charge in [0.1, 0.15) is 0 Å². The zero-order chi connectivity index (χ0) is 14.1. The number of rotatable bonds is 10. The van der Waals surface area contributed by atoms with Crippen LogP contribution in [0.4, 0.5) is 0 Å². The molecule has 110 valence electrons. The maximum absolute atomic E-state index is 5.63. The largest absolute Gasteiger partial charge is 0.380 e. The lowest BCUT2D eigenvalue weighted by atomic mass is 10.1. The Labute approximate surface area is 118 Å². The summed E-state index contributed by atoms with van der Waals surface area (Å²) in [6.07, 6.45) is 5.49. The molecule has 1 aromatic heterocycles. The van der Waals surface area contributed by atoms with Gasteiger partial charge in [0.25, 0.3) is 0 Å². The molecule has 0 bridgehead atoms. The molecule has 0 radical (unpaired) electrons. The average Bonchev–Trinajstić information content (AvgIpc) is 2.76. The van der Waals surface area contributed by atoms with E-state index in [0.717, 1.165) is 45.2 Å². The first-order valence-electron chi connectivity index (χ1n) is 7.51. The summed E-state index contributed by atoms with van der Waals surface area (Å²) in [5.74, 6) is 1.43. The predicted octanol–water partition coefficient (Wildman–Crippen LogP) is 3.30. The average molecular weight is 266 g/mol. The van der Waals surface area contributed by atoms with Crippen molar-refractivity contribution in [3.8, 4) is 0 Å². The summed E-state index contributed by atoms with van der Waals surface area (Å²) in [7, 11) is 0. The lowest BCUT2D eigenvalue weighted by Crippen LogP contribution is -2.18. The second-order valence-corrected chi connectivity index (χ2v) is 6.08. The number of hydrogen-bond donors (Lipinski definition) is 1. The highest BCUT2D eigenvalue weighted by Crippen LogP contribution is 2.03. The standard InChI is InChI=1S/C16H30N2O/c1-14(2)6-9-19-10-8-18-7-5-16(13-18)12-17-11-15(3)4/h5,7,13-15,17H,6,8-12H2,1-4H3. The van der Waals surface area contributed by atoms with E-state index in [1.54, 1.807) is 0 Å². The maximum Gasteiger partial charge on any atom is 0.0645 e. The molecule has 1 N–H and O–H groups in total. The van der Waals surface area contributed by atoms with E-state index >= 15 is 0 Å². The van der Waals surface area contributed by atoms with Gasteiger partial charge in [-0.05, 0) is 36.4 Å². The Morgan fingerprint density at radius 3 is 2.63 bits per heavy atom. The van der Waals surface area contributed by atoms with Crippen molar-refractivity contribution in [1.29, 1.82) is 0 Å². The van der Waals surface area contributed by atoms with Gasteiger partial charge in [0.05, 0.1) is 6.61 Å². The van der Waals surface area contributed by atoms with E-state index < -0.39 is 0 Å². The minimum absolute atomic E-state index is 0.705. The zero-order valence-corrected chi connectivity index (χ0v) is 13.0. The van der Waals surface area contributed by atoms with Crippen LogP contribution < -0.4 is 5.32 Å². The molecule has 3 nitrogen and oxygen atoms in total. The summed E-state index contributed by atoms with van der Waals surface area (Å²) < 4.78 is 7.84. The van der Waals surface area contributed by atoms with E-state index in [2.05, 4.69) is 56.0 Å². The molecular formula is C16H30N2O. The Morgan fingerprint density at radius 2 is 1.95 bits per heavy atom. The highest BCUT2D eigenvalue weighted by atomic mass is 16.5.